The fourth-order valence-corrected chi connectivity index (χ4v) is 2.36. The van der Waals surface area contributed by atoms with Crippen molar-refractivity contribution in [1.82, 2.24) is 10.3 Å². The number of nitrogens with one attached hydrogen (secondary N) is 1. The Morgan fingerprint density at radius 3 is 2.86 bits per heavy atom. The van der Waals surface area contributed by atoms with Crippen molar-refractivity contribution in [2.75, 3.05) is 13.2 Å². The number of carbonyl (C=O) groups excluding carboxylic acids is 2. The highest BCUT2D eigenvalue weighted by Crippen LogP contribution is 2.08. The summed E-state index contributed by atoms with van der Waals surface area (Å²) in [7, 11) is 0. The van der Waals surface area contributed by atoms with Crippen molar-refractivity contribution >= 4 is 34.8 Å². The highest BCUT2D eigenvalue weighted by atomic mass is 35.5. The molecule has 0 bridgehead atoms. The molecule has 7 heteroatoms. The van der Waals surface area contributed by atoms with Crippen molar-refractivity contribution < 1.29 is 14.3 Å². The minimum Gasteiger partial charge on any atom is -0.452 e. The van der Waals surface area contributed by atoms with Gasteiger partial charge in [-0.25, -0.2) is 9.78 Å². The highest BCUT2D eigenvalue weighted by molar-refractivity contribution is 7.09. The molecule has 0 atom stereocenters. The summed E-state index contributed by atoms with van der Waals surface area (Å²) < 4.78 is 4.89. The Morgan fingerprint density at radius 1 is 1.33 bits per heavy atom. The van der Waals surface area contributed by atoms with Crippen LogP contribution in [0.25, 0.3) is 0 Å². The lowest BCUT2D eigenvalue weighted by atomic mass is 10.3. The monoisotopic (exact) mass is 324 g/mol. The third-order valence-corrected chi connectivity index (χ3v) is 3.73. The summed E-state index contributed by atoms with van der Waals surface area (Å²) in [5, 5.41) is 4.97. The minimum atomic E-state index is -0.604. The summed E-state index contributed by atoms with van der Waals surface area (Å²) in [6, 6.07) is 6.94. The van der Waals surface area contributed by atoms with E-state index in [-0.39, 0.29) is 23.2 Å². The van der Waals surface area contributed by atoms with Crippen LogP contribution in [-0.4, -0.2) is 30.0 Å². The lowest BCUT2D eigenvalue weighted by Gasteiger charge is -2.06. The predicted octanol–water partition coefficient (Wildman–Crippen LogP) is 2.31. The number of rotatable bonds is 6. The number of ether oxygens (including phenoxy) is 1. The Kier molecular flexibility index (Phi) is 5.71. The first-order valence-corrected chi connectivity index (χ1v) is 7.48. The van der Waals surface area contributed by atoms with Crippen LogP contribution >= 0.6 is 22.9 Å². The smallest absolute Gasteiger partial charge is 0.340 e. The van der Waals surface area contributed by atoms with E-state index in [1.165, 1.54) is 23.2 Å². The zero-order chi connectivity index (χ0) is 15.1. The first-order chi connectivity index (χ1) is 10.1. The molecule has 1 N–H and O–H groups in total. The number of carbonyl (C=O) groups is 2. The van der Waals surface area contributed by atoms with Gasteiger partial charge in [-0.1, -0.05) is 17.7 Å². The van der Waals surface area contributed by atoms with Gasteiger partial charge in [0.2, 0.25) is 0 Å². The molecule has 0 unspecified atom stereocenters. The zero-order valence-electron chi connectivity index (χ0n) is 11.0. The van der Waals surface area contributed by atoms with Crippen molar-refractivity contribution in [3.05, 3.63) is 51.4 Å². The number of amides is 1. The van der Waals surface area contributed by atoms with E-state index >= 15 is 0 Å². The molecule has 1 amide bonds. The second-order valence-corrected chi connectivity index (χ2v) is 5.54. The van der Waals surface area contributed by atoms with Gasteiger partial charge in [-0.3, -0.25) is 4.79 Å². The molecule has 0 spiro atoms. The molecule has 0 aliphatic carbocycles. The standard InChI is InChI=1S/C14H13ClN2O3S/c15-12-4-3-10(8-17-12)14(19)20-9-13(18)16-6-5-11-2-1-7-21-11/h1-4,7-8H,5-6,9H2,(H,16,18). The summed E-state index contributed by atoms with van der Waals surface area (Å²) in [5.41, 5.74) is 0.255. The zero-order valence-corrected chi connectivity index (χ0v) is 12.6. The Balaban J connectivity index is 1.68. The summed E-state index contributed by atoms with van der Waals surface area (Å²) >= 11 is 7.25. The molecular weight excluding hydrogens is 312 g/mol. The van der Waals surface area contributed by atoms with Crippen LogP contribution in [0, 0.1) is 0 Å². The maximum atomic E-state index is 11.6. The van der Waals surface area contributed by atoms with Gasteiger partial charge in [-0.05, 0) is 30.0 Å². The molecule has 0 fully saturated rings. The minimum absolute atomic E-state index is 0.255. The molecule has 2 aromatic heterocycles. The number of nitrogens with zero attached hydrogens (tertiary/aromatic N) is 1. The molecule has 0 radical (unpaired) electrons. The summed E-state index contributed by atoms with van der Waals surface area (Å²) in [6.45, 7) is 0.200. The van der Waals surface area contributed by atoms with Crippen LogP contribution < -0.4 is 5.32 Å². The molecule has 0 aliphatic heterocycles. The normalized spacial score (nSPS) is 10.1. The third-order valence-electron chi connectivity index (χ3n) is 2.57. The number of thiophene rings is 1. The summed E-state index contributed by atoms with van der Waals surface area (Å²) in [4.78, 5) is 28.1. The number of halogens is 1. The number of esters is 1. The average molecular weight is 325 g/mol. The number of hydrogen-bond donors (Lipinski definition) is 1. The van der Waals surface area contributed by atoms with Gasteiger partial charge in [0, 0.05) is 17.6 Å². The highest BCUT2D eigenvalue weighted by Gasteiger charge is 2.10. The van der Waals surface area contributed by atoms with Crippen molar-refractivity contribution in [1.29, 1.82) is 0 Å². The second kappa shape index (κ2) is 7.75. The fourth-order valence-electron chi connectivity index (χ4n) is 1.54. The van der Waals surface area contributed by atoms with E-state index in [9.17, 15) is 9.59 Å². The van der Waals surface area contributed by atoms with Crippen molar-refractivity contribution in [3.8, 4) is 0 Å². The van der Waals surface area contributed by atoms with Crippen molar-refractivity contribution in [3.63, 3.8) is 0 Å². The number of hydrogen-bond acceptors (Lipinski definition) is 5. The molecule has 2 rings (SSSR count). The van der Waals surface area contributed by atoms with Gasteiger partial charge in [0.15, 0.2) is 6.61 Å². The maximum absolute atomic E-state index is 11.6. The van der Waals surface area contributed by atoms with Crippen LogP contribution in [0.4, 0.5) is 0 Å². The summed E-state index contributed by atoms with van der Waals surface area (Å²) in [6.07, 6.45) is 2.07. The van der Waals surface area contributed by atoms with Gasteiger partial charge in [0.25, 0.3) is 5.91 Å². The molecule has 0 saturated carbocycles. The van der Waals surface area contributed by atoms with Crippen LogP contribution in [-0.2, 0) is 16.0 Å². The molecule has 5 nitrogen and oxygen atoms in total. The van der Waals surface area contributed by atoms with Crippen LogP contribution in [0.15, 0.2) is 35.8 Å². The number of aromatic nitrogens is 1. The number of pyridine rings is 1. The SMILES string of the molecule is O=C(COC(=O)c1ccc(Cl)nc1)NCCc1cccs1. The fraction of sp³-hybridized carbons (Fsp3) is 0.214. The van der Waals surface area contributed by atoms with Gasteiger partial charge in [-0.15, -0.1) is 11.3 Å². The van der Waals surface area contributed by atoms with E-state index in [1.807, 2.05) is 17.5 Å². The quantitative estimate of drug-likeness (QED) is 0.654. The van der Waals surface area contributed by atoms with E-state index in [0.717, 1.165) is 6.42 Å². The van der Waals surface area contributed by atoms with Crippen LogP contribution in [0.2, 0.25) is 5.15 Å². The topological polar surface area (TPSA) is 68.3 Å². The molecule has 21 heavy (non-hydrogen) atoms. The van der Waals surface area contributed by atoms with E-state index in [4.69, 9.17) is 16.3 Å². The lowest BCUT2D eigenvalue weighted by molar-refractivity contribution is -0.124. The van der Waals surface area contributed by atoms with Gasteiger partial charge in [-0.2, -0.15) is 0 Å². The van der Waals surface area contributed by atoms with E-state index in [0.29, 0.717) is 6.54 Å². The van der Waals surface area contributed by atoms with Crippen molar-refractivity contribution in [2.45, 2.75) is 6.42 Å². The average Bonchev–Trinajstić information content (AvgIpc) is 2.99. The molecular formula is C14H13ClN2O3S. The molecule has 110 valence electrons. The van der Waals surface area contributed by atoms with Crippen molar-refractivity contribution in [2.24, 2.45) is 0 Å². The Bertz CT molecular complexity index is 599. The Labute approximate surface area is 130 Å². The Hall–Kier alpha value is -1.92. The first-order valence-electron chi connectivity index (χ1n) is 6.23. The Morgan fingerprint density at radius 2 is 2.19 bits per heavy atom. The van der Waals surface area contributed by atoms with Gasteiger partial charge >= 0.3 is 5.97 Å². The van der Waals surface area contributed by atoms with Gasteiger partial charge < -0.3 is 10.1 Å². The van der Waals surface area contributed by atoms with E-state index < -0.39 is 5.97 Å². The second-order valence-electron chi connectivity index (χ2n) is 4.13. The molecule has 2 heterocycles. The maximum Gasteiger partial charge on any atom is 0.340 e. The summed E-state index contributed by atoms with van der Waals surface area (Å²) in [5.74, 6) is -0.936. The van der Waals surface area contributed by atoms with Crippen LogP contribution in [0.5, 0.6) is 0 Å². The third kappa shape index (κ3) is 5.17. The van der Waals surface area contributed by atoms with Gasteiger partial charge in [0.05, 0.1) is 5.56 Å². The molecule has 0 saturated heterocycles. The lowest BCUT2D eigenvalue weighted by Crippen LogP contribution is -2.30. The molecule has 2 aromatic rings. The molecule has 0 aliphatic rings. The predicted molar refractivity (Wildman–Crippen MR) is 80.6 cm³/mol. The van der Waals surface area contributed by atoms with Gasteiger partial charge in [0.1, 0.15) is 5.15 Å². The van der Waals surface area contributed by atoms with Crippen LogP contribution in [0.1, 0.15) is 15.2 Å². The van der Waals surface area contributed by atoms with E-state index in [2.05, 4.69) is 10.3 Å². The van der Waals surface area contributed by atoms with E-state index in [1.54, 1.807) is 11.3 Å². The van der Waals surface area contributed by atoms with Crippen LogP contribution in [0.3, 0.4) is 0 Å². The first kappa shape index (κ1) is 15.5. The largest absolute Gasteiger partial charge is 0.452 e. The molecule has 0 aromatic carbocycles.